The van der Waals surface area contributed by atoms with E-state index < -0.39 is 35.3 Å². The Morgan fingerprint density at radius 2 is 2.04 bits per heavy atom. The van der Waals surface area contributed by atoms with Gasteiger partial charge in [0.25, 0.3) is 5.91 Å². The summed E-state index contributed by atoms with van der Waals surface area (Å²) in [7, 11) is 1.42. The van der Waals surface area contributed by atoms with Crippen LogP contribution in [0.5, 0.6) is 0 Å². The number of amides is 2. The van der Waals surface area contributed by atoms with Gasteiger partial charge in [-0.05, 0) is 24.6 Å². The highest BCUT2D eigenvalue weighted by Crippen LogP contribution is 2.32. The van der Waals surface area contributed by atoms with E-state index in [2.05, 4.69) is 17.2 Å². The molecule has 2 amide bonds. The quantitative estimate of drug-likeness (QED) is 0.493. The van der Waals surface area contributed by atoms with Crippen molar-refractivity contribution >= 4 is 17.6 Å². The molecule has 1 aliphatic heterocycles. The molecule has 25 heavy (non-hydrogen) atoms. The Balaban J connectivity index is 1.99. The largest absolute Gasteiger partial charge is 0.416 e. The molecule has 0 aliphatic carbocycles. The molecule has 8 heteroatoms. The summed E-state index contributed by atoms with van der Waals surface area (Å²) in [6, 6.07) is 3.72. The molecular weight excluding hydrogens is 337 g/mol. The molecule has 0 saturated carbocycles. The van der Waals surface area contributed by atoms with Crippen molar-refractivity contribution in [3.05, 3.63) is 34.9 Å². The van der Waals surface area contributed by atoms with Gasteiger partial charge in [0.15, 0.2) is 0 Å². The monoisotopic (exact) mass is 352 g/mol. The topological polar surface area (TPSA) is 66.5 Å². The van der Waals surface area contributed by atoms with E-state index >= 15 is 0 Å². The normalized spacial score (nSPS) is 17.3. The van der Waals surface area contributed by atoms with Gasteiger partial charge >= 0.3 is 6.18 Å². The molecule has 1 fully saturated rings. The minimum absolute atomic E-state index is 0.00380. The molecule has 1 atom stereocenters. The number of alkyl halides is 3. The zero-order valence-corrected chi connectivity index (χ0v) is 13.5. The van der Waals surface area contributed by atoms with Gasteiger partial charge in [0.1, 0.15) is 5.92 Å². The fourth-order valence-electron chi connectivity index (χ4n) is 2.38. The van der Waals surface area contributed by atoms with Gasteiger partial charge < -0.3 is 10.2 Å². The van der Waals surface area contributed by atoms with Crippen molar-refractivity contribution in [3.63, 3.8) is 0 Å². The average molecular weight is 352 g/mol. The van der Waals surface area contributed by atoms with E-state index in [0.717, 1.165) is 11.0 Å². The van der Waals surface area contributed by atoms with Gasteiger partial charge in [-0.1, -0.05) is 17.9 Å². The molecule has 0 spiro atoms. The van der Waals surface area contributed by atoms with E-state index in [1.165, 1.54) is 26.1 Å². The van der Waals surface area contributed by atoms with Gasteiger partial charge in [-0.2, -0.15) is 13.2 Å². The molecule has 2 rings (SSSR count). The van der Waals surface area contributed by atoms with Gasteiger partial charge in [-0.15, -0.1) is 0 Å². The lowest BCUT2D eigenvalue weighted by Crippen LogP contribution is -2.35. The number of rotatable bonds is 2. The highest BCUT2D eigenvalue weighted by molar-refractivity contribution is 6.42. The third-order valence-electron chi connectivity index (χ3n) is 3.77. The number of Topliss-reactive ketones (excluding diaryl/α,β-unsaturated/α-hetero) is 1. The Hall–Kier alpha value is -2.82. The van der Waals surface area contributed by atoms with E-state index in [-0.39, 0.29) is 24.2 Å². The molecule has 0 aromatic heterocycles. The number of hydrogen-bond donors (Lipinski definition) is 1. The maximum atomic E-state index is 12.8. The summed E-state index contributed by atoms with van der Waals surface area (Å²) >= 11 is 0. The number of carbonyl (C=O) groups is 3. The Morgan fingerprint density at radius 3 is 2.60 bits per heavy atom. The molecule has 132 valence electrons. The van der Waals surface area contributed by atoms with E-state index in [9.17, 15) is 27.6 Å². The number of likely N-dealkylation sites (N-methyl/N-ethyl adjacent to an activating group) is 1. The highest BCUT2D eigenvalue weighted by atomic mass is 19.4. The van der Waals surface area contributed by atoms with Crippen molar-refractivity contribution in [1.82, 2.24) is 10.2 Å². The lowest BCUT2D eigenvalue weighted by molar-refractivity contribution is -0.142. The first kappa shape index (κ1) is 18.5. The molecule has 1 heterocycles. The second kappa shape index (κ2) is 6.97. The van der Waals surface area contributed by atoms with E-state index in [0.29, 0.717) is 0 Å². The lowest BCUT2D eigenvalue weighted by Gasteiger charge is -2.10. The first-order valence-electron chi connectivity index (χ1n) is 7.35. The van der Waals surface area contributed by atoms with Crippen molar-refractivity contribution in [2.75, 3.05) is 20.1 Å². The maximum absolute atomic E-state index is 12.8. The molecule has 1 aromatic rings. The molecule has 1 unspecified atom stereocenters. The smallest absolute Gasteiger partial charge is 0.344 e. The number of nitrogens with zero attached hydrogens (tertiary/aromatic N) is 1. The number of benzene rings is 1. The summed E-state index contributed by atoms with van der Waals surface area (Å²) < 4.78 is 38.5. The Morgan fingerprint density at radius 1 is 1.36 bits per heavy atom. The van der Waals surface area contributed by atoms with Gasteiger partial charge in [0, 0.05) is 19.2 Å². The minimum Gasteiger partial charge on any atom is -0.344 e. The molecular formula is C17H15F3N2O3. The van der Waals surface area contributed by atoms with Crippen LogP contribution in [0, 0.1) is 24.7 Å². The van der Waals surface area contributed by atoms with Crippen molar-refractivity contribution in [1.29, 1.82) is 0 Å². The number of aryl methyl sites for hydroxylation is 1. The molecule has 0 bridgehead atoms. The molecule has 1 N–H and O–H groups in total. The van der Waals surface area contributed by atoms with Gasteiger partial charge in [0.05, 0.1) is 12.1 Å². The molecule has 0 radical (unpaired) electrons. The van der Waals surface area contributed by atoms with Crippen LogP contribution in [0.3, 0.4) is 0 Å². The highest BCUT2D eigenvalue weighted by Gasteiger charge is 2.41. The number of hydrogen-bond acceptors (Lipinski definition) is 3. The van der Waals surface area contributed by atoms with Crippen LogP contribution in [0.1, 0.15) is 16.7 Å². The van der Waals surface area contributed by atoms with Crippen molar-refractivity contribution in [2.45, 2.75) is 13.1 Å². The fraction of sp³-hybridized carbons (Fsp3) is 0.353. The summed E-state index contributed by atoms with van der Waals surface area (Å²) in [5.41, 5.74) is -0.500. The number of nitrogens with one attached hydrogen (secondary N) is 1. The maximum Gasteiger partial charge on any atom is 0.416 e. The SMILES string of the molecule is Cc1ccc(C#CCNC(=O)C2CN(C)C(=O)C2=O)cc1C(F)(F)F. The van der Waals surface area contributed by atoms with Crippen LogP contribution in [0.2, 0.25) is 0 Å². The summed E-state index contributed by atoms with van der Waals surface area (Å²) in [5.74, 6) is 1.87. The zero-order valence-electron chi connectivity index (χ0n) is 13.5. The van der Waals surface area contributed by atoms with Crippen molar-refractivity contribution in [2.24, 2.45) is 5.92 Å². The predicted octanol–water partition coefficient (Wildman–Crippen LogP) is 1.14. The Bertz CT molecular complexity index is 791. The number of likely N-dealkylation sites (tertiary alicyclic amines) is 1. The fourth-order valence-corrected chi connectivity index (χ4v) is 2.38. The predicted molar refractivity (Wildman–Crippen MR) is 82.2 cm³/mol. The summed E-state index contributed by atoms with van der Waals surface area (Å²) in [5, 5.41) is 2.39. The van der Waals surface area contributed by atoms with Crippen LogP contribution in [0.4, 0.5) is 13.2 Å². The van der Waals surface area contributed by atoms with Crippen LogP contribution < -0.4 is 5.32 Å². The Kier molecular flexibility index (Phi) is 5.16. The average Bonchev–Trinajstić information content (AvgIpc) is 2.79. The Labute approximate surface area is 142 Å². The minimum atomic E-state index is -4.46. The second-order valence-electron chi connectivity index (χ2n) is 5.65. The van der Waals surface area contributed by atoms with Crippen molar-refractivity contribution in [3.8, 4) is 11.8 Å². The third-order valence-corrected chi connectivity index (χ3v) is 3.77. The van der Waals surface area contributed by atoms with E-state index in [1.807, 2.05) is 0 Å². The van der Waals surface area contributed by atoms with Gasteiger partial charge in [0.2, 0.25) is 11.7 Å². The second-order valence-corrected chi connectivity index (χ2v) is 5.65. The third kappa shape index (κ3) is 4.18. The first-order valence-corrected chi connectivity index (χ1v) is 7.35. The number of halogens is 3. The first-order chi connectivity index (χ1) is 11.6. The lowest BCUT2D eigenvalue weighted by atomic mass is 10.0. The standard InChI is InChI=1S/C17H15F3N2O3/c1-10-5-6-11(8-13(10)17(18,19)20)4-3-7-21-15(24)12-9-22(2)16(25)14(12)23/h5-6,8,12H,7,9H2,1-2H3,(H,21,24). The number of ketones is 1. The molecule has 1 aromatic carbocycles. The van der Waals surface area contributed by atoms with Crippen molar-refractivity contribution < 1.29 is 27.6 Å². The van der Waals surface area contributed by atoms with Crippen LogP contribution in [-0.4, -0.2) is 42.6 Å². The summed E-state index contributed by atoms with van der Waals surface area (Å²) in [6.45, 7) is 1.22. The van der Waals surface area contributed by atoms with Crippen LogP contribution in [0.25, 0.3) is 0 Å². The molecule has 5 nitrogen and oxygen atoms in total. The zero-order chi connectivity index (χ0) is 18.8. The van der Waals surface area contributed by atoms with Crippen LogP contribution in [-0.2, 0) is 20.6 Å². The van der Waals surface area contributed by atoms with E-state index in [4.69, 9.17) is 0 Å². The van der Waals surface area contributed by atoms with Crippen LogP contribution >= 0.6 is 0 Å². The van der Waals surface area contributed by atoms with E-state index in [1.54, 1.807) is 0 Å². The molecule has 1 aliphatic rings. The van der Waals surface area contributed by atoms with Gasteiger partial charge in [-0.3, -0.25) is 14.4 Å². The summed E-state index contributed by atoms with van der Waals surface area (Å²) in [4.78, 5) is 35.9. The molecule has 1 saturated heterocycles. The summed E-state index contributed by atoms with van der Waals surface area (Å²) in [6.07, 6.45) is -4.46. The number of carbonyl (C=O) groups excluding carboxylic acids is 3. The van der Waals surface area contributed by atoms with Gasteiger partial charge in [-0.25, -0.2) is 0 Å². The van der Waals surface area contributed by atoms with Crippen LogP contribution in [0.15, 0.2) is 18.2 Å².